The molecule has 0 aliphatic carbocycles. The van der Waals surface area contributed by atoms with E-state index in [0.717, 1.165) is 12.0 Å². The molecule has 0 aromatic heterocycles. The molecule has 0 aliphatic rings. The second kappa shape index (κ2) is 6.56. The van der Waals surface area contributed by atoms with Gasteiger partial charge in [0.05, 0.1) is 17.0 Å². The van der Waals surface area contributed by atoms with Gasteiger partial charge < -0.3 is 5.11 Å². The van der Waals surface area contributed by atoms with Gasteiger partial charge in [-0.2, -0.15) is 0 Å². The van der Waals surface area contributed by atoms with Crippen molar-refractivity contribution in [2.45, 2.75) is 33.1 Å². The summed E-state index contributed by atoms with van der Waals surface area (Å²) in [7, 11) is -3.49. The number of unbranched alkanes of at least 4 members (excludes halogenated alkanes) is 1. The topological polar surface area (TPSA) is 83.5 Å². The van der Waals surface area contributed by atoms with E-state index in [2.05, 4.69) is 4.72 Å². The molecule has 19 heavy (non-hydrogen) atoms. The van der Waals surface area contributed by atoms with Crippen LogP contribution in [0.15, 0.2) is 18.2 Å². The van der Waals surface area contributed by atoms with Crippen molar-refractivity contribution >= 4 is 21.7 Å². The van der Waals surface area contributed by atoms with Crippen molar-refractivity contribution in [2.24, 2.45) is 0 Å². The standard InChI is InChI=1S/C13H19NO4S/c1-3-5-8-19(17,18)14-12-7-6-10(4-2)9-11(12)13(15)16/h6-7,9,14H,3-5,8H2,1-2H3,(H,15,16). The average molecular weight is 285 g/mol. The SMILES string of the molecule is CCCCS(=O)(=O)Nc1ccc(CC)cc1C(=O)O. The quantitative estimate of drug-likeness (QED) is 0.806. The summed E-state index contributed by atoms with van der Waals surface area (Å²) in [6.07, 6.45) is 2.01. The van der Waals surface area contributed by atoms with Gasteiger partial charge in [0.1, 0.15) is 0 Å². The third-order valence-electron chi connectivity index (χ3n) is 2.75. The third kappa shape index (κ3) is 4.55. The first kappa shape index (κ1) is 15.5. The van der Waals surface area contributed by atoms with Gasteiger partial charge in [-0.3, -0.25) is 4.72 Å². The van der Waals surface area contributed by atoms with Crippen LogP contribution in [0.5, 0.6) is 0 Å². The van der Waals surface area contributed by atoms with E-state index < -0.39 is 16.0 Å². The van der Waals surface area contributed by atoms with E-state index in [1.165, 1.54) is 12.1 Å². The molecule has 0 heterocycles. The van der Waals surface area contributed by atoms with Crippen LogP contribution in [0.2, 0.25) is 0 Å². The van der Waals surface area contributed by atoms with E-state index in [1.54, 1.807) is 6.07 Å². The van der Waals surface area contributed by atoms with E-state index >= 15 is 0 Å². The molecule has 0 fully saturated rings. The lowest BCUT2D eigenvalue weighted by molar-refractivity contribution is 0.0698. The molecule has 5 nitrogen and oxygen atoms in total. The Hall–Kier alpha value is -1.56. The van der Waals surface area contributed by atoms with Crippen LogP contribution in [0.4, 0.5) is 5.69 Å². The molecule has 0 atom stereocenters. The Balaban J connectivity index is 3.04. The molecule has 106 valence electrons. The molecule has 1 aromatic rings. The van der Waals surface area contributed by atoms with Gasteiger partial charge in [0, 0.05) is 0 Å². The lowest BCUT2D eigenvalue weighted by Crippen LogP contribution is -2.18. The van der Waals surface area contributed by atoms with Gasteiger partial charge in [-0.1, -0.05) is 26.3 Å². The Morgan fingerprint density at radius 3 is 2.53 bits per heavy atom. The Morgan fingerprint density at radius 1 is 1.32 bits per heavy atom. The number of carboxylic acid groups (broad SMARTS) is 1. The zero-order valence-corrected chi connectivity index (χ0v) is 12.0. The lowest BCUT2D eigenvalue weighted by Gasteiger charge is -2.11. The highest BCUT2D eigenvalue weighted by atomic mass is 32.2. The number of carbonyl (C=O) groups is 1. The Bertz CT molecular complexity index is 552. The number of hydrogen-bond acceptors (Lipinski definition) is 3. The number of nitrogens with one attached hydrogen (secondary N) is 1. The monoisotopic (exact) mass is 285 g/mol. The van der Waals surface area contributed by atoms with Crippen LogP contribution >= 0.6 is 0 Å². The number of hydrogen-bond donors (Lipinski definition) is 2. The first-order chi connectivity index (χ1) is 8.89. The predicted octanol–water partition coefficient (Wildman–Crippen LogP) is 2.49. The minimum atomic E-state index is -3.49. The Labute approximate surface area is 113 Å². The molecule has 0 spiro atoms. The third-order valence-corrected chi connectivity index (χ3v) is 4.11. The first-order valence-corrected chi connectivity index (χ1v) is 7.91. The molecule has 0 saturated heterocycles. The molecule has 6 heteroatoms. The number of sulfonamides is 1. The van der Waals surface area contributed by atoms with E-state index in [9.17, 15) is 13.2 Å². The highest BCUT2D eigenvalue weighted by Crippen LogP contribution is 2.20. The zero-order valence-electron chi connectivity index (χ0n) is 11.1. The van der Waals surface area contributed by atoms with Crippen molar-refractivity contribution in [3.63, 3.8) is 0 Å². The smallest absolute Gasteiger partial charge is 0.337 e. The highest BCUT2D eigenvalue weighted by molar-refractivity contribution is 7.92. The molecule has 0 aliphatic heterocycles. The van der Waals surface area contributed by atoms with Crippen LogP contribution in [0, 0.1) is 0 Å². The summed E-state index contributed by atoms with van der Waals surface area (Å²) in [5, 5.41) is 9.12. The number of aromatic carboxylic acids is 1. The normalized spacial score (nSPS) is 11.3. The maximum absolute atomic E-state index is 11.8. The molecule has 0 bridgehead atoms. The van der Waals surface area contributed by atoms with Gasteiger partial charge in [-0.15, -0.1) is 0 Å². The molecule has 1 rings (SSSR count). The first-order valence-electron chi connectivity index (χ1n) is 6.26. The molecule has 0 radical (unpaired) electrons. The number of aryl methyl sites for hydroxylation is 1. The summed E-state index contributed by atoms with van der Waals surface area (Å²) >= 11 is 0. The van der Waals surface area contributed by atoms with Crippen molar-refractivity contribution < 1.29 is 18.3 Å². The minimum Gasteiger partial charge on any atom is -0.478 e. The Kier molecular flexibility index (Phi) is 5.35. The van der Waals surface area contributed by atoms with Gasteiger partial charge in [0.15, 0.2) is 0 Å². The van der Waals surface area contributed by atoms with Crippen LogP contribution in [-0.4, -0.2) is 25.2 Å². The van der Waals surface area contributed by atoms with Crippen molar-refractivity contribution in [1.82, 2.24) is 0 Å². The van der Waals surface area contributed by atoms with Gasteiger partial charge in [0.2, 0.25) is 10.0 Å². The summed E-state index contributed by atoms with van der Waals surface area (Å²) in [6, 6.07) is 4.73. The molecule has 0 saturated carbocycles. The number of anilines is 1. The second-order valence-corrected chi connectivity index (χ2v) is 6.15. The molecular formula is C13H19NO4S. The van der Waals surface area contributed by atoms with Gasteiger partial charge >= 0.3 is 5.97 Å². The molecule has 0 unspecified atom stereocenters. The molecule has 2 N–H and O–H groups in total. The fourth-order valence-electron chi connectivity index (χ4n) is 1.63. The number of benzene rings is 1. The molecule has 1 aromatic carbocycles. The van der Waals surface area contributed by atoms with Gasteiger partial charge in [-0.25, -0.2) is 13.2 Å². The van der Waals surface area contributed by atoms with Gasteiger partial charge in [0.25, 0.3) is 0 Å². The lowest BCUT2D eigenvalue weighted by atomic mass is 10.1. The molecular weight excluding hydrogens is 266 g/mol. The molecule has 0 amide bonds. The van der Waals surface area contributed by atoms with E-state index in [-0.39, 0.29) is 17.0 Å². The minimum absolute atomic E-state index is 0.00190. The maximum atomic E-state index is 11.8. The number of carboxylic acids is 1. The fourth-order valence-corrected chi connectivity index (χ4v) is 2.91. The maximum Gasteiger partial charge on any atom is 0.337 e. The summed E-state index contributed by atoms with van der Waals surface area (Å²) in [4.78, 5) is 11.2. The summed E-state index contributed by atoms with van der Waals surface area (Å²) in [5.41, 5.74) is 0.967. The van der Waals surface area contributed by atoms with Crippen molar-refractivity contribution in [2.75, 3.05) is 10.5 Å². The fraction of sp³-hybridized carbons (Fsp3) is 0.462. The summed E-state index contributed by atoms with van der Waals surface area (Å²) in [6.45, 7) is 3.81. The van der Waals surface area contributed by atoms with Crippen molar-refractivity contribution in [1.29, 1.82) is 0 Å². The summed E-state index contributed by atoms with van der Waals surface area (Å²) < 4.78 is 25.9. The zero-order chi connectivity index (χ0) is 14.5. The van der Waals surface area contributed by atoms with Crippen LogP contribution in [-0.2, 0) is 16.4 Å². The van der Waals surface area contributed by atoms with Crippen LogP contribution in [0.25, 0.3) is 0 Å². The van der Waals surface area contributed by atoms with Gasteiger partial charge in [-0.05, 0) is 30.5 Å². The summed E-state index contributed by atoms with van der Waals surface area (Å²) in [5.74, 6) is -1.14. The van der Waals surface area contributed by atoms with Crippen LogP contribution in [0.3, 0.4) is 0 Å². The van der Waals surface area contributed by atoms with E-state index in [0.29, 0.717) is 12.8 Å². The van der Waals surface area contributed by atoms with Crippen LogP contribution in [0.1, 0.15) is 42.6 Å². The second-order valence-electron chi connectivity index (χ2n) is 4.31. The van der Waals surface area contributed by atoms with Crippen LogP contribution < -0.4 is 4.72 Å². The average Bonchev–Trinajstić information content (AvgIpc) is 2.36. The van der Waals surface area contributed by atoms with E-state index in [1.807, 2.05) is 13.8 Å². The Morgan fingerprint density at radius 2 is 2.00 bits per heavy atom. The largest absolute Gasteiger partial charge is 0.478 e. The predicted molar refractivity (Wildman–Crippen MR) is 75.1 cm³/mol. The van der Waals surface area contributed by atoms with Crippen molar-refractivity contribution in [3.8, 4) is 0 Å². The van der Waals surface area contributed by atoms with Crippen molar-refractivity contribution in [3.05, 3.63) is 29.3 Å². The number of rotatable bonds is 7. The van der Waals surface area contributed by atoms with E-state index in [4.69, 9.17) is 5.11 Å². The highest BCUT2D eigenvalue weighted by Gasteiger charge is 2.16.